The Morgan fingerprint density at radius 3 is 2.68 bits per heavy atom. The summed E-state index contributed by atoms with van der Waals surface area (Å²) in [5.41, 5.74) is 8.93. The normalized spacial score (nSPS) is 11.6. The zero-order chi connectivity index (χ0) is 13.6. The van der Waals surface area contributed by atoms with Crippen molar-refractivity contribution in [3.63, 3.8) is 0 Å². The number of hydrogen-bond acceptors (Lipinski definition) is 5. The van der Waals surface area contributed by atoms with Crippen molar-refractivity contribution >= 4 is 17.1 Å². The van der Waals surface area contributed by atoms with Crippen LogP contribution in [0.1, 0.15) is 31.4 Å². The molecule has 2 N–H and O–H groups in total. The van der Waals surface area contributed by atoms with Gasteiger partial charge in [-0.1, -0.05) is 19.9 Å². The molecule has 0 aliphatic rings. The molecule has 0 spiro atoms. The van der Waals surface area contributed by atoms with Gasteiger partial charge in [-0.3, -0.25) is 0 Å². The maximum atomic E-state index is 5.66. The minimum atomic E-state index is 0.188. The lowest BCUT2D eigenvalue weighted by molar-refractivity contribution is 0.500. The highest BCUT2D eigenvalue weighted by molar-refractivity contribution is 5.80. The number of anilines is 1. The second kappa shape index (κ2) is 4.12. The van der Waals surface area contributed by atoms with Gasteiger partial charge in [0, 0.05) is 18.4 Å². The van der Waals surface area contributed by atoms with Crippen molar-refractivity contribution in [2.24, 2.45) is 0 Å². The van der Waals surface area contributed by atoms with Gasteiger partial charge in [0.1, 0.15) is 17.0 Å². The molecule has 2 heterocycles. The molecule has 5 nitrogen and oxygen atoms in total. The van der Waals surface area contributed by atoms with E-state index in [0.29, 0.717) is 5.89 Å². The van der Waals surface area contributed by atoms with Crippen LogP contribution in [0.25, 0.3) is 22.4 Å². The number of rotatable bonds is 2. The first-order valence-corrected chi connectivity index (χ1v) is 6.18. The minimum absolute atomic E-state index is 0.188. The minimum Gasteiger partial charge on any atom is -0.441 e. The number of nitrogens with zero attached hydrogens (tertiary/aromatic N) is 2. The molecule has 0 fully saturated rings. The molecule has 0 amide bonds. The Bertz CT molecular complexity index is 740. The third-order valence-corrected chi connectivity index (χ3v) is 2.96. The SMILES string of the molecule is Cc1nc2ccc(-c3nc(N)oc3C(C)C)cc2o1. The van der Waals surface area contributed by atoms with Gasteiger partial charge in [-0.05, 0) is 12.1 Å². The summed E-state index contributed by atoms with van der Waals surface area (Å²) in [4.78, 5) is 8.54. The molecule has 3 aromatic rings. The van der Waals surface area contributed by atoms with Gasteiger partial charge >= 0.3 is 0 Å². The Labute approximate surface area is 110 Å². The van der Waals surface area contributed by atoms with E-state index < -0.39 is 0 Å². The molecule has 0 atom stereocenters. The van der Waals surface area contributed by atoms with Crippen molar-refractivity contribution in [3.05, 3.63) is 29.9 Å². The molecule has 1 aromatic carbocycles. The van der Waals surface area contributed by atoms with Crippen LogP contribution < -0.4 is 5.73 Å². The maximum absolute atomic E-state index is 5.66. The van der Waals surface area contributed by atoms with E-state index in [4.69, 9.17) is 14.6 Å². The van der Waals surface area contributed by atoms with E-state index in [1.54, 1.807) is 0 Å². The summed E-state index contributed by atoms with van der Waals surface area (Å²) in [5, 5.41) is 0. The van der Waals surface area contributed by atoms with Crippen molar-refractivity contribution in [1.29, 1.82) is 0 Å². The molecule has 2 aromatic heterocycles. The molecule has 0 aliphatic carbocycles. The number of aromatic nitrogens is 2. The average Bonchev–Trinajstić information content (AvgIpc) is 2.89. The Morgan fingerprint density at radius 1 is 1.16 bits per heavy atom. The molecule has 0 radical (unpaired) electrons. The highest BCUT2D eigenvalue weighted by Gasteiger charge is 2.17. The summed E-state index contributed by atoms with van der Waals surface area (Å²) in [7, 11) is 0. The number of aryl methyl sites for hydroxylation is 1. The first-order chi connectivity index (χ1) is 9.04. The van der Waals surface area contributed by atoms with Gasteiger partial charge in [0.2, 0.25) is 0 Å². The van der Waals surface area contributed by atoms with Crippen molar-refractivity contribution in [2.45, 2.75) is 26.7 Å². The van der Waals surface area contributed by atoms with Gasteiger partial charge in [0.15, 0.2) is 11.5 Å². The van der Waals surface area contributed by atoms with Crippen LogP contribution >= 0.6 is 0 Å². The summed E-state index contributed by atoms with van der Waals surface area (Å²) in [6.45, 7) is 5.91. The van der Waals surface area contributed by atoms with Gasteiger partial charge in [-0.15, -0.1) is 0 Å². The molecule has 5 heteroatoms. The van der Waals surface area contributed by atoms with Crippen LogP contribution in [-0.2, 0) is 0 Å². The lowest BCUT2D eigenvalue weighted by atomic mass is 10.0. The van der Waals surface area contributed by atoms with Crippen LogP contribution in [0.2, 0.25) is 0 Å². The fourth-order valence-corrected chi connectivity index (χ4v) is 2.13. The van der Waals surface area contributed by atoms with Crippen molar-refractivity contribution in [1.82, 2.24) is 9.97 Å². The maximum Gasteiger partial charge on any atom is 0.292 e. The number of nitrogens with two attached hydrogens (primary N) is 1. The largest absolute Gasteiger partial charge is 0.441 e. The monoisotopic (exact) mass is 257 g/mol. The van der Waals surface area contributed by atoms with Gasteiger partial charge < -0.3 is 14.6 Å². The molecule has 0 saturated heterocycles. The Balaban J connectivity index is 2.18. The number of nitrogen functional groups attached to an aromatic ring is 1. The van der Waals surface area contributed by atoms with E-state index in [-0.39, 0.29) is 11.9 Å². The lowest BCUT2D eigenvalue weighted by Gasteiger charge is -2.03. The van der Waals surface area contributed by atoms with Crippen LogP contribution in [0.3, 0.4) is 0 Å². The molecular weight excluding hydrogens is 242 g/mol. The van der Waals surface area contributed by atoms with E-state index in [0.717, 1.165) is 28.1 Å². The topological polar surface area (TPSA) is 78.1 Å². The lowest BCUT2D eigenvalue weighted by Crippen LogP contribution is -1.89. The molecule has 0 unspecified atom stereocenters. The summed E-state index contributed by atoms with van der Waals surface area (Å²) >= 11 is 0. The van der Waals surface area contributed by atoms with E-state index in [1.165, 1.54) is 0 Å². The molecular formula is C14H15N3O2. The van der Waals surface area contributed by atoms with Crippen LogP contribution in [0.5, 0.6) is 0 Å². The number of hydrogen-bond donors (Lipinski definition) is 1. The zero-order valence-corrected chi connectivity index (χ0v) is 11.1. The molecule has 0 bridgehead atoms. The highest BCUT2D eigenvalue weighted by atomic mass is 16.4. The second-order valence-electron chi connectivity index (χ2n) is 4.84. The van der Waals surface area contributed by atoms with Crippen LogP contribution in [0.4, 0.5) is 6.01 Å². The molecule has 3 rings (SSSR count). The number of oxazole rings is 2. The van der Waals surface area contributed by atoms with E-state index in [1.807, 2.05) is 39.0 Å². The third kappa shape index (κ3) is 1.97. The standard InChI is InChI=1S/C14H15N3O2/c1-7(2)13-12(17-14(15)19-13)9-4-5-10-11(6-9)18-8(3)16-10/h4-7H,1-3H3,(H2,15,17). The van der Waals surface area contributed by atoms with Gasteiger partial charge in [-0.2, -0.15) is 4.98 Å². The smallest absolute Gasteiger partial charge is 0.292 e. The van der Waals surface area contributed by atoms with Gasteiger partial charge in [-0.25, -0.2) is 4.98 Å². The van der Waals surface area contributed by atoms with Crippen molar-refractivity contribution < 1.29 is 8.83 Å². The fraction of sp³-hybridized carbons (Fsp3) is 0.286. The highest BCUT2D eigenvalue weighted by Crippen LogP contribution is 2.32. The number of benzene rings is 1. The third-order valence-electron chi connectivity index (χ3n) is 2.96. The van der Waals surface area contributed by atoms with E-state index in [9.17, 15) is 0 Å². The predicted octanol–water partition coefficient (Wildman–Crippen LogP) is 3.50. The van der Waals surface area contributed by atoms with Crippen LogP contribution in [0, 0.1) is 6.92 Å². The van der Waals surface area contributed by atoms with Crippen LogP contribution in [-0.4, -0.2) is 9.97 Å². The summed E-state index contributed by atoms with van der Waals surface area (Å²) < 4.78 is 11.0. The van der Waals surface area contributed by atoms with Gasteiger partial charge in [0.25, 0.3) is 6.01 Å². The summed E-state index contributed by atoms with van der Waals surface area (Å²) in [6.07, 6.45) is 0. The quantitative estimate of drug-likeness (QED) is 0.760. The second-order valence-corrected chi connectivity index (χ2v) is 4.84. The molecule has 98 valence electrons. The zero-order valence-electron chi connectivity index (χ0n) is 11.1. The van der Waals surface area contributed by atoms with E-state index in [2.05, 4.69) is 9.97 Å². The Kier molecular flexibility index (Phi) is 2.55. The summed E-state index contributed by atoms with van der Waals surface area (Å²) in [6, 6.07) is 5.97. The molecule has 0 aliphatic heterocycles. The van der Waals surface area contributed by atoms with Gasteiger partial charge in [0.05, 0.1) is 0 Å². The fourth-order valence-electron chi connectivity index (χ4n) is 2.13. The van der Waals surface area contributed by atoms with Crippen molar-refractivity contribution in [3.8, 4) is 11.3 Å². The first-order valence-electron chi connectivity index (χ1n) is 6.18. The van der Waals surface area contributed by atoms with E-state index >= 15 is 0 Å². The van der Waals surface area contributed by atoms with Crippen molar-refractivity contribution in [2.75, 3.05) is 5.73 Å². The Hall–Kier alpha value is -2.30. The van der Waals surface area contributed by atoms with Crippen LogP contribution in [0.15, 0.2) is 27.0 Å². The molecule has 19 heavy (non-hydrogen) atoms. The Morgan fingerprint density at radius 2 is 1.95 bits per heavy atom. The first kappa shape index (κ1) is 11.8. The molecule has 0 saturated carbocycles. The number of fused-ring (bicyclic) bond motifs is 1. The predicted molar refractivity (Wildman–Crippen MR) is 72.7 cm³/mol. The average molecular weight is 257 g/mol. The summed E-state index contributed by atoms with van der Waals surface area (Å²) in [5.74, 6) is 1.65.